The second-order valence-electron chi connectivity index (χ2n) is 10.8. The van der Waals surface area contributed by atoms with Gasteiger partial charge >= 0.3 is 6.18 Å². The van der Waals surface area contributed by atoms with Gasteiger partial charge in [0.1, 0.15) is 0 Å². The van der Waals surface area contributed by atoms with Crippen LogP contribution >= 0.6 is 9.24 Å². The Labute approximate surface area is 248 Å². The van der Waals surface area contributed by atoms with Crippen molar-refractivity contribution >= 4 is 21.2 Å². The molecule has 3 aromatic carbocycles. The molecule has 3 unspecified atom stereocenters. The lowest BCUT2D eigenvalue weighted by molar-refractivity contribution is -0.137. The normalized spacial score (nSPS) is 17.7. The molecule has 0 aliphatic heterocycles. The smallest absolute Gasteiger partial charge is 0.273 e. The summed E-state index contributed by atoms with van der Waals surface area (Å²) in [4.78, 5) is 18.6. The SMILES string of the molecule is CC/C=C\C=C(\C)C1=Cc2ccccc2C1(P)CCC(C)CONC(=O)c1ccccc1-c1ccc(C(F)(F)F)cc1. The second kappa shape index (κ2) is 13.7. The summed E-state index contributed by atoms with van der Waals surface area (Å²) >= 11 is 0. The number of carbonyl (C=O) groups is 1. The van der Waals surface area contributed by atoms with Gasteiger partial charge in [-0.05, 0) is 89.8 Å². The number of benzene rings is 3. The number of hydrogen-bond acceptors (Lipinski definition) is 2. The summed E-state index contributed by atoms with van der Waals surface area (Å²) < 4.78 is 39.0. The number of allylic oxidation sites excluding steroid dienone is 5. The molecule has 1 aliphatic carbocycles. The molecule has 3 nitrogen and oxygen atoms in total. The molecule has 0 fully saturated rings. The fourth-order valence-electron chi connectivity index (χ4n) is 5.27. The molecule has 4 rings (SSSR count). The second-order valence-corrected chi connectivity index (χ2v) is 11.8. The highest BCUT2D eigenvalue weighted by atomic mass is 31.0. The minimum absolute atomic E-state index is 0.158. The third-order valence-electron chi connectivity index (χ3n) is 7.62. The number of nitrogens with one attached hydrogen (secondary N) is 1. The molecular formula is C35H37F3NO2P. The van der Waals surface area contributed by atoms with Gasteiger partial charge in [0.25, 0.3) is 5.91 Å². The van der Waals surface area contributed by atoms with E-state index < -0.39 is 17.6 Å². The Hall–Kier alpha value is -3.47. The highest BCUT2D eigenvalue weighted by Gasteiger charge is 2.37. The average Bonchev–Trinajstić information content (AvgIpc) is 3.28. The van der Waals surface area contributed by atoms with Gasteiger partial charge in [0.2, 0.25) is 0 Å². The maximum Gasteiger partial charge on any atom is 0.416 e. The van der Waals surface area contributed by atoms with Gasteiger partial charge in [-0.25, -0.2) is 5.48 Å². The van der Waals surface area contributed by atoms with E-state index in [-0.39, 0.29) is 11.1 Å². The van der Waals surface area contributed by atoms with Crippen LogP contribution in [0.2, 0.25) is 0 Å². The highest BCUT2D eigenvalue weighted by molar-refractivity contribution is 7.19. The maximum atomic E-state index is 13.0. The summed E-state index contributed by atoms with van der Waals surface area (Å²) in [5.41, 5.74) is 8.21. The highest BCUT2D eigenvalue weighted by Crippen LogP contribution is 2.52. The molecule has 0 heterocycles. The fourth-order valence-corrected chi connectivity index (χ4v) is 6.01. The van der Waals surface area contributed by atoms with Crippen LogP contribution in [-0.2, 0) is 16.2 Å². The van der Waals surface area contributed by atoms with Gasteiger partial charge in [-0.2, -0.15) is 13.2 Å². The molecule has 7 heteroatoms. The zero-order valence-electron chi connectivity index (χ0n) is 24.2. The van der Waals surface area contributed by atoms with Gasteiger partial charge in [-0.3, -0.25) is 9.63 Å². The zero-order valence-corrected chi connectivity index (χ0v) is 25.3. The number of hydrogen-bond donors (Lipinski definition) is 1. The number of fused-ring (bicyclic) bond motifs is 1. The first-order chi connectivity index (χ1) is 20.0. The molecule has 1 aliphatic rings. The molecule has 3 atom stereocenters. The van der Waals surface area contributed by atoms with Crippen molar-refractivity contribution in [2.24, 2.45) is 5.92 Å². The monoisotopic (exact) mass is 591 g/mol. The fraction of sp³-hybridized carbons (Fsp3) is 0.286. The zero-order chi connectivity index (χ0) is 30.3. The van der Waals surface area contributed by atoms with Crippen LogP contribution in [0.4, 0.5) is 13.2 Å². The lowest BCUT2D eigenvalue weighted by atomic mass is 9.84. The van der Waals surface area contributed by atoms with Gasteiger partial charge in [0, 0.05) is 10.7 Å². The van der Waals surface area contributed by atoms with E-state index >= 15 is 0 Å². The van der Waals surface area contributed by atoms with Crippen LogP contribution in [0.1, 0.15) is 67.1 Å². The van der Waals surface area contributed by atoms with E-state index in [1.54, 1.807) is 24.3 Å². The van der Waals surface area contributed by atoms with Gasteiger partial charge < -0.3 is 0 Å². The molecule has 0 aromatic heterocycles. The van der Waals surface area contributed by atoms with Gasteiger partial charge in [0.05, 0.1) is 12.2 Å². The Bertz CT molecular complexity index is 1490. The predicted molar refractivity (Wildman–Crippen MR) is 168 cm³/mol. The van der Waals surface area contributed by atoms with Crippen molar-refractivity contribution < 1.29 is 22.8 Å². The summed E-state index contributed by atoms with van der Waals surface area (Å²) in [6.45, 7) is 6.69. The number of halogens is 3. The predicted octanol–water partition coefficient (Wildman–Crippen LogP) is 9.53. The quantitative estimate of drug-likeness (QED) is 0.137. The van der Waals surface area contributed by atoms with E-state index in [1.807, 2.05) is 0 Å². The third-order valence-corrected chi connectivity index (χ3v) is 8.53. The summed E-state index contributed by atoms with van der Waals surface area (Å²) in [5.74, 6) is -0.290. The van der Waals surface area contributed by atoms with Crippen LogP contribution in [0.5, 0.6) is 0 Å². The van der Waals surface area contributed by atoms with E-state index in [0.717, 1.165) is 31.4 Å². The van der Waals surface area contributed by atoms with Crippen molar-refractivity contribution in [1.82, 2.24) is 5.48 Å². The van der Waals surface area contributed by atoms with Crippen LogP contribution in [0.25, 0.3) is 17.2 Å². The Morgan fingerprint density at radius 2 is 1.74 bits per heavy atom. The molecule has 1 amide bonds. The molecule has 0 radical (unpaired) electrons. The first-order valence-electron chi connectivity index (χ1n) is 14.2. The molecule has 42 heavy (non-hydrogen) atoms. The minimum atomic E-state index is -4.42. The maximum absolute atomic E-state index is 13.0. The summed E-state index contributed by atoms with van der Waals surface area (Å²) in [6, 6.07) is 20.1. The molecule has 0 spiro atoms. The van der Waals surface area contributed by atoms with Crippen LogP contribution in [0.3, 0.4) is 0 Å². The summed E-state index contributed by atoms with van der Waals surface area (Å²) in [5, 5.41) is -0.213. The van der Waals surface area contributed by atoms with Crippen LogP contribution in [-0.4, -0.2) is 12.5 Å². The van der Waals surface area contributed by atoms with Crippen LogP contribution in [0.15, 0.2) is 102 Å². The van der Waals surface area contributed by atoms with E-state index in [2.05, 4.69) is 84.1 Å². The van der Waals surface area contributed by atoms with Gasteiger partial charge in [-0.15, -0.1) is 9.24 Å². The van der Waals surface area contributed by atoms with E-state index in [1.165, 1.54) is 34.4 Å². The molecule has 220 valence electrons. The molecule has 1 N–H and O–H groups in total. The van der Waals surface area contributed by atoms with Crippen molar-refractivity contribution in [2.75, 3.05) is 6.61 Å². The number of amides is 1. The molecule has 0 bridgehead atoms. The van der Waals surface area contributed by atoms with Gasteiger partial charge in [-0.1, -0.05) is 86.7 Å². The van der Waals surface area contributed by atoms with Crippen molar-refractivity contribution in [3.63, 3.8) is 0 Å². The Morgan fingerprint density at radius 1 is 1.05 bits per heavy atom. The molecular weight excluding hydrogens is 554 g/mol. The third kappa shape index (κ3) is 7.29. The average molecular weight is 592 g/mol. The van der Waals surface area contributed by atoms with Crippen molar-refractivity contribution in [3.05, 3.63) is 124 Å². The van der Waals surface area contributed by atoms with E-state index in [4.69, 9.17) is 4.84 Å². The lowest BCUT2D eigenvalue weighted by Gasteiger charge is -2.31. The Kier molecular flexibility index (Phi) is 10.2. The van der Waals surface area contributed by atoms with Crippen molar-refractivity contribution in [2.45, 2.75) is 51.4 Å². The van der Waals surface area contributed by atoms with E-state index in [0.29, 0.717) is 23.3 Å². The van der Waals surface area contributed by atoms with Crippen molar-refractivity contribution in [1.29, 1.82) is 0 Å². The van der Waals surface area contributed by atoms with E-state index in [9.17, 15) is 18.0 Å². The summed E-state index contributed by atoms with van der Waals surface area (Å²) in [7, 11) is 3.11. The number of carbonyl (C=O) groups excluding carboxylic acids is 1. The Morgan fingerprint density at radius 3 is 2.45 bits per heavy atom. The molecule has 3 aromatic rings. The first-order valence-corrected chi connectivity index (χ1v) is 14.8. The largest absolute Gasteiger partial charge is 0.416 e. The lowest BCUT2D eigenvalue weighted by Crippen LogP contribution is -2.27. The van der Waals surface area contributed by atoms with Crippen LogP contribution < -0.4 is 5.48 Å². The topological polar surface area (TPSA) is 38.3 Å². The first kappa shape index (κ1) is 31.5. The van der Waals surface area contributed by atoms with Crippen LogP contribution in [0, 0.1) is 5.92 Å². The summed E-state index contributed by atoms with van der Waals surface area (Å²) in [6.07, 6.45) is 7.03. The number of rotatable bonds is 11. The standard InChI is InChI=1S/C35H37F3NO2P/c1-4-5-6-11-25(3)32-22-27-12-7-10-15-31(27)34(32,42)21-20-24(2)23-41-39-33(40)30-14-9-8-13-29(30)26-16-18-28(19-17-26)35(36,37)38/h5-19,22,24H,4,20-21,23,42H2,1-3H3,(H,39,40)/b6-5-,25-11-. The van der Waals surface area contributed by atoms with Crippen molar-refractivity contribution in [3.8, 4) is 11.1 Å². The Balaban J connectivity index is 1.38. The number of hydroxylamine groups is 1. The minimum Gasteiger partial charge on any atom is -0.273 e. The molecule has 0 saturated heterocycles. The van der Waals surface area contributed by atoms with Gasteiger partial charge in [0.15, 0.2) is 0 Å². The number of alkyl halides is 3. The molecule has 0 saturated carbocycles.